The van der Waals surface area contributed by atoms with Crippen LogP contribution in [0.25, 0.3) is 0 Å². The topological polar surface area (TPSA) is 49.4 Å². The first-order valence-electron chi connectivity index (χ1n) is 8.13. The third-order valence-corrected chi connectivity index (χ3v) is 4.76. The van der Waals surface area contributed by atoms with Gasteiger partial charge in [0.2, 0.25) is 11.8 Å². The molecule has 25 heavy (non-hydrogen) atoms. The molecule has 2 aromatic carbocycles. The molecule has 130 valence electrons. The molecule has 1 heterocycles. The highest BCUT2D eigenvalue weighted by atomic mass is 35.5. The van der Waals surface area contributed by atoms with Gasteiger partial charge in [0.25, 0.3) is 0 Å². The highest BCUT2D eigenvalue weighted by Gasteiger charge is 2.21. The average Bonchev–Trinajstić information content (AvgIpc) is 3.02. The van der Waals surface area contributed by atoms with E-state index in [1.165, 1.54) is 0 Å². The number of halogens is 2. The zero-order chi connectivity index (χ0) is 17.8. The molecule has 0 atom stereocenters. The van der Waals surface area contributed by atoms with E-state index < -0.39 is 0 Å². The summed E-state index contributed by atoms with van der Waals surface area (Å²) >= 11 is 11.9. The highest BCUT2D eigenvalue weighted by molar-refractivity contribution is 6.35. The van der Waals surface area contributed by atoms with Gasteiger partial charge in [0, 0.05) is 35.2 Å². The van der Waals surface area contributed by atoms with Crippen LogP contribution in [0.4, 0.5) is 5.69 Å². The van der Waals surface area contributed by atoms with E-state index in [1.807, 2.05) is 24.3 Å². The predicted molar refractivity (Wildman–Crippen MR) is 100 cm³/mol. The molecule has 0 bridgehead atoms. The third kappa shape index (κ3) is 4.53. The van der Waals surface area contributed by atoms with E-state index in [1.54, 1.807) is 23.1 Å². The van der Waals surface area contributed by atoms with Gasteiger partial charge in [-0.3, -0.25) is 9.59 Å². The summed E-state index contributed by atoms with van der Waals surface area (Å²) < 4.78 is 0. The van der Waals surface area contributed by atoms with Crippen molar-refractivity contribution in [3.05, 3.63) is 63.6 Å². The first-order valence-corrected chi connectivity index (χ1v) is 8.88. The fourth-order valence-corrected chi connectivity index (χ4v) is 3.29. The highest BCUT2D eigenvalue weighted by Crippen LogP contribution is 2.22. The summed E-state index contributed by atoms with van der Waals surface area (Å²) in [5.41, 5.74) is 2.63. The monoisotopic (exact) mass is 376 g/mol. The summed E-state index contributed by atoms with van der Waals surface area (Å²) in [6.07, 6.45) is 1.73. The first kappa shape index (κ1) is 17.8. The number of carbonyl (C=O) groups is 2. The largest absolute Gasteiger partial charge is 0.352 e. The fraction of sp³-hybridized carbons (Fsp3) is 0.263. The van der Waals surface area contributed by atoms with E-state index in [2.05, 4.69) is 5.32 Å². The maximum Gasteiger partial charge on any atom is 0.227 e. The van der Waals surface area contributed by atoms with Gasteiger partial charge in [-0.05, 0) is 41.8 Å². The van der Waals surface area contributed by atoms with Crippen molar-refractivity contribution in [3.63, 3.8) is 0 Å². The smallest absolute Gasteiger partial charge is 0.227 e. The van der Waals surface area contributed by atoms with Crippen molar-refractivity contribution < 1.29 is 9.59 Å². The number of amides is 2. The molecule has 0 unspecified atom stereocenters. The standard InChI is InChI=1S/C19H18Cl2N2O2/c20-15-6-5-14(17(21)11-15)10-18(24)22-12-13-3-7-16(8-4-13)23-9-1-2-19(23)25/h3-8,11H,1-2,9-10,12H2,(H,22,24). The van der Waals surface area contributed by atoms with Gasteiger partial charge in [-0.25, -0.2) is 0 Å². The van der Waals surface area contributed by atoms with E-state index in [4.69, 9.17) is 23.2 Å². The van der Waals surface area contributed by atoms with Crippen molar-refractivity contribution in [2.75, 3.05) is 11.4 Å². The van der Waals surface area contributed by atoms with Crippen molar-refractivity contribution in [1.82, 2.24) is 5.32 Å². The Morgan fingerprint density at radius 2 is 1.88 bits per heavy atom. The van der Waals surface area contributed by atoms with Crippen LogP contribution in [0.15, 0.2) is 42.5 Å². The predicted octanol–water partition coefficient (Wildman–Crippen LogP) is 3.98. The van der Waals surface area contributed by atoms with Crippen LogP contribution >= 0.6 is 23.2 Å². The van der Waals surface area contributed by atoms with E-state index in [0.29, 0.717) is 23.0 Å². The Morgan fingerprint density at radius 3 is 2.52 bits per heavy atom. The van der Waals surface area contributed by atoms with Crippen LogP contribution in [0.1, 0.15) is 24.0 Å². The van der Waals surface area contributed by atoms with E-state index in [0.717, 1.165) is 29.8 Å². The maximum absolute atomic E-state index is 12.1. The second-order valence-electron chi connectivity index (χ2n) is 6.00. The molecule has 1 N–H and O–H groups in total. The zero-order valence-electron chi connectivity index (χ0n) is 13.6. The van der Waals surface area contributed by atoms with E-state index in [-0.39, 0.29) is 18.2 Å². The second-order valence-corrected chi connectivity index (χ2v) is 6.85. The van der Waals surface area contributed by atoms with Crippen molar-refractivity contribution in [3.8, 4) is 0 Å². The summed E-state index contributed by atoms with van der Waals surface area (Å²) in [5.74, 6) is 0.0592. The normalized spacial score (nSPS) is 14.0. The third-order valence-electron chi connectivity index (χ3n) is 4.18. The minimum Gasteiger partial charge on any atom is -0.352 e. The minimum atomic E-state index is -0.108. The van der Waals surface area contributed by atoms with Crippen molar-refractivity contribution in [2.45, 2.75) is 25.8 Å². The number of rotatable bonds is 5. The Kier molecular flexibility index (Phi) is 5.61. The number of nitrogens with one attached hydrogen (secondary N) is 1. The minimum absolute atomic E-state index is 0.108. The lowest BCUT2D eigenvalue weighted by Crippen LogP contribution is -2.25. The number of hydrogen-bond donors (Lipinski definition) is 1. The van der Waals surface area contributed by atoms with Gasteiger partial charge in [0.1, 0.15) is 0 Å². The van der Waals surface area contributed by atoms with Gasteiger partial charge in [0.05, 0.1) is 6.42 Å². The Bertz CT molecular complexity index is 791. The van der Waals surface area contributed by atoms with Crippen LogP contribution in [0.5, 0.6) is 0 Å². The Morgan fingerprint density at radius 1 is 1.12 bits per heavy atom. The lowest BCUT2D eigenvalue weighted by Gasteiger charge is -2.16. The molecule has 2 amide bonds. The van der Waals surface area contributed by atoms with Crippen LogP contribution in [0.3, 0.4) is 0 Å². The van der Waals surface area contributed by atoms with Gasteiger partial charge < -0.3 is 10.2 Å². The molecule has 1 saturated heterocycles. The van der Waals surface area contributed by atoms with Crippen molar-refractivity contribution in [1.29, 1.82) is 0 Å². The second kappa shape index (κ2) is 7.89. The van der Waals surface area contributed by atoms with Gasteiger partial charge >= 0.3 is 0 Å². The molecule has 0 radical (unpaired) electrons. The molecule has 4 nitrogen and oxygen atoms in total. The van der Waals surface area contributed by atoms with Crippen LogP contribution in [0, 0.1) is 0 Å². The summed E-state index contributed by atoms with van der Waals surface area (Å²) in [5, 5.41) is 3.91. The zero-order valence-corrected chi connectivity index (χ0v) is 15.1. The summed E-state index contributed by atoms with van der Waals surface area (Å²) in [7, 11) is 0. The fourth-order valence-electron chi connectivity index (χ4n) is 2.82. The molecule has 1 fully saturated rings. The molecule has 1 aliphatic heterocycles. The number of hydrogen-bond acceptors (Lipinski definition) is 2. The molecule has 0 aliphatic carbocycles. The van der Waals surface area contributed by atoms with Crippen molar-refractivity contribution in [2.24, 2.45) is 0 Å². The van der Waals surface area contributed by atoms with Crippen LogP contribution in [-0.4, -0.2) is 18.4 Å². The quantitative estimate of drug-likeness (QED) is 0.857. The average molecular weight is 377 g/mol. The number of nitrogens with zero attached hydrogens (tertiary/aromatic N) is 1. The van der Waals surface area contributed by atoms with Gasteiger partial charge in [0.15, 0.2) is 0 Å². The number of anilines is 1. The van der Waals surface area contributed by atoms with E-state index >= 15 is 0 Å². The van der Waals surface area contributed by atoms with Gasteiger partial charge in [-0.1, -0.05) is 41.4 Å². The molecule has 1 aliphatic rings. The lowest BCUT2D eigenvalue weighted by atomic mass is 10.1. The Hall–Kier alpha value is -2.04. The van der Waals surface area contributed by atoms with E-state index in [9.17, 15) is 9.59 Å². The summed E-state index contributed by atoms with van der Waals surface area (Å²) in [6.45, 7) is 1.20. The molecule has 6 heteroatoms. The number of benzene rings is 2. The first-order chi connectivity index (χ1) is 12.0. The Balaban J connectivity index is 1.54. The molecule has 0 aromatic heterocycles. The van der Waals surface area contributed by atoms with Crippen LogP contribution in [0.2, 0.25) is 10.0 Å². The Labute approximate surface area is 156 Å². The van der Waals surface area contributed by atoms with Gasteiger partial charge in [-0.15, -0.1) is 0 Å². The molecule has 0 spiro atoms. The number of carbonyl (C=O) groups excluding carboxylic acids is 2. The molecule has 0 saturated carbocycles. The molecular weight excluding hydrogens is 359 g/mol. The van der Waals surface area contributed by atoms with Gasteiger partial charge in [-0.2, -0.15) is 0 Å². The maximum atomic E-state index is 12.1. The van der Waals surface area contributed by atoms with Crippen LogP contribution < -0.4 is 10.2 Å². The van der Waals surface area contributed by atoms with Crippen molar-refractivity contribution >= 4 is 40.7 Å². The molecular formula is C19H18Cl2N2O2. The summed E-state index contributed by atoms with van der Waals surface area (Å²) in [6, 6.07) is 12.8. The SMILES string of the molecule is O=C(Cc1ccc(Cl)cc1Cl)NCc1ccc(N2CCCC2=O)cc1. The van der Waals surface area contributed by atoms with Crippen LogP contribution in [-0.2, 0) is 22.6 Å². The molecule has 2 aromatic rings. The summed E-state index contributed by atoms with van der Waals surface area (Å²) in [4.78, 5) is 25.6. The lowest BCUT2D eigenvalue weighted by molar-refractivity contribution is -0.120. The molecule has 3 rings (SSSR count).